The van der Waals surface area contributed by atoms with E-state index in [1.807, 2.05) is 36.4 Å². The third kappa shape index (κ3) is 2.97. The summed E-state index contributed by atoms with van der Waals surface area (Å²) in [4.78, 5) is 16.2. The third-order valence-electron chi connectivity index (χ3n) is 4.54. The second kappa shape index (κ2) is 6.49. The molecule has 4 rings (SSSR count). The standard InChI is InChI=1S/C21H17N5O/c1-25-10-7-15(13-20(25)27)14-8-11-26(19(22)12-14)21(23)17-6-9-24-18-5-3-2-4-16(17)18/h2-13,22-23H,1H3. The molecule has 4 aromatic rings. The minimum absolute atomic E-state index is 0.105. The molecular weight excluding hydrogens is 338 g/mol. The average Bonchev–Trinajstić information content (AvgIpc) is 2.69. The predicted octanol–water partition coefficient (Wildman–Crippen LogP) is 2.76. The Labute approximate surface area is 155 Å². The van der Waals surface area contributed by atoms with Gasteiger partial charge in [0.2, 0.25) is 0 Å². The largest absolute Gasteiger partial charge is 0.319 e. The molecule has 0 saturated heterocycles. The maximum Gasteiger partial charge on any atom is 0.250 e. The van der Waals surface area contributed by atoms with Gasteiger partial charge in [0.25, 0.3) is 5.56 Å². The SMILES string of the molecule is Cn1ccc(-c2ccn(C(=N)c3ccnc4ccccc34)c(=N)c2)cc1=O. The van der Waals surface area contributed by atoms with Crippen molar-refractivity contribution in [3.05, 3.63) is 94.6 Å². The molecular formula is C21H17N5O. The van der Waals surface area contributed by atoms with Crippen LogP contribution in [0.4, 0.5) is 0 Å². The Bertz CT molecular complexity index is 1290. The van der Waals surface area contributed by atoms with Crippen molar-refractivity contribution in [1.82, 2.24) is 14.1 Å². The Morgan fingerprint density at radius 1 is 1.00 bits per heavy atom. The molecule has 0 spiro atoms. The fraction of sp³-hybridized carbons (Fsp3) is 0.0476. The molecule has 0 bridgehead atoms. The highest BCUT2D eigenvalue weighted by atomic mass is 16.1. The highest BCUT2D eigenvalue weighted by molar-refractivity contribution is 6.08. The number of aryl methyl sites for hydroxylation is 1. The van der Waals surface area contributed by atoms with Crippen molar-refractivity contribution >= 4 is 16.7 Å². The molecule has 6 heteroatoms. The van der Waals surface area contributed by atoms with E-state index in [0.717, 1.165) is 22.0 Å². The summed E-state index contributed by atoms with van der Waals surface area (Å²) >= 11 is 0. The van der Waals surface area contributed by atoms with Crippen molar-refractivity contribution in [3.8, 4) is 11.1 Å². The number of rotatable bonds is 2. The van der Waals surface area contributed by atoms with E-state index in [0.29, 0.717) is 5.56 Å². The molecule has 27 heavy (non-hydrogen) atoms. The fourth-order valence-corrected chi connectivity index (χ4v) is 3.03. The van der Waals surface area contributed by atoms with Crippen LogP contribution in [0.2, 0.25) is 0 Å². The second-order valence-electron chi connectivity index (χ2n) is 6.26. The van der Waals surface area contributed by atoms with Gasteiger partial charge in [-0.3, -0.25) is 25.2 Å². The van der Waals surface area contributed by atoms with E-state index in [-0.39, 0.29) is 16.9 Å². The Hall–Kier alpha value is -3.80. The summed E-state index contributed by atoms with van der Waals surface area (Å²) in [7, 11) is 1.70. The van der Waals surface area contributed by atoms with Crippen LogP contribution in [0.1, 0.15) is 5.56 Å². The Morgan fingerprint density at radius 2 is 1.74 bits per heavy atom. The lowest BCUT2D eigenvalue weighted by Crippen LogP contribution is -2.26. The smallest absolute Gasteiger partial charge is 0.250 e. The first-order valence-electron chi connectivity index (χ1n) is 8.42. The maximum atomic E-state index is 11.9. The molecule has 1 aromatic carbocycles. The second-order valence-corrected chi connectivity index (χ2v) is 6.26. The number of hydrogen-bond donors (Lipinski definition) is 2. The van der Waals surface area contributed by atoms with Gasteiger partial charge in [0.15, 0.2) is 0 Å². The zero-order chi connectivity index (χ0) is 19.0. The van der Waals surface area contributed by atoms with Crippen LogP contribution in [0.15, 0.2) is 78.0 Å². The zero-order valence-electron chi connectivity index (χ0n) is 14.7. The minimum Gasteiger partial charge on any atom is -0.319 e. The van der Waals surface area contributed by atoms with E-state index < -0.39 is 0 Å². The maximum absolute atomic E-state index is 11.9. The quantitative estimate of drug-likeness (QED) is 0.428. The van der Waals surface area contributed by atoms with Gasteiger partial charge >= 0.3 is 0 Å². The topological polar surface area (TPSA) is 87.5 Å². The summed E-state index contributed by atoms with van der Waals surface area (Å²) in [6.07, 6.45) is 5.06. The molecule has 0 amide bonds. The van der Waals surface area contributed by atoms with Gasteiger partial charge in [-0.1, -0.05) is 18.2 Å². The summed E-state index contributed by atoms with van der Waals surface area (Å²) in [5.74, 6) is 0.203. The van der Waals surface area contributed by atoms with Crippen LogP contribution in [-0.4, -0.2) is 20.0 Å². The molecule has 3 heterocycles. The molecule has 0 aliphatic heterocycles. The lowest BCUT2D eigenvalue weighted by molar-refractivity contribution is 0.861. The lowest BCUT2D eigenvalue weighted by Gasteiger charge is -2.12. The number of nitrogens with zero attached hydrogens (tertiary/aromatic N) is 3. The van der Waals surface area contributed by atoms with Crippen molar-refractivity contribution in [2.45, 2.75) is 0 Å². The van der Waals surface area contributed by atoms with Crippen LogP contribution in [0.25, 0.3) is 22.0 Å². The molecule has 6 nitrogen and oxygen atoms in total. The molecule has 0 aliphatic rings. The summed E-state index contributed by atoms with van der Waals surface area (Å²) in [5, 5.41) is 17.8. The summed E-state index contributed by atoms with van der Waals surface area (Å²) < 4.78 is 3.00. The fourth-order valence-electron chi connectivity index (χ4n) is 3.03. The number of aromatic nitrogens is 3. The molecule has 3 aromatic heterocycles. The number of benzene rings is 1. The summed E-state index contributed by atoms with van der Waals surface area (Å²) in [6.45, 7) is 0. The van der Waals surface area contributed by atoms with Crippen LogP contribution in [-0.2, 0) is 7.05 Å². The Morgan fingerprint density at radius 3 is 2.52 bits per heavy atom. The Kier molecular flexibility index (Phi) is 4.01. The van der Waals surface area contributed by atoms with E-state index in [2.05, 4.69) is 4.98 Å². The number of hydrogen-bond acceptors (Lipinski definition) is 4. The van der Waals surface area contributed by atoms with Crippen LogP contribution in [0, 0.1) is 10.8 Å². The van der Waals surface area contributed by atoms with Crippen LogP contribution >= 0.6 is 0 Å². The van der Waals surface area contributed by atoms with Gasteiger partial charge < -0.3 is 4.57 Å². The van der Waals surface area contributed by atoms with Crippen LogP contribution < -0.4 is 11.0 Å². The Balaban J connectivity index is 1.78. The van der Waals surface area contributed by atoms with Gasteiger partial charge in [-0.05, 0) is 41.5 Å². The van der Waals surface area contributed by atoms with Crippen molar-refractivity contribution in [2.24, 2.45) is 7.05 Å². The predicted molar refractivity (Wildman–Crippen MR) is 105 cm³/mol. The van der Waals surface area contributed by atoms with Gasteiger partial charge in [-0.2, -0.15) is 0 Å². The van der Waals surface area contributed by atoms with Crippen molar-refractivity contribution in [3.63, 3.8) is 0 Å². The minimum atomic E-state index is -0.105. The van der Waals surface area contributed by atoms with Gasteiger partial charge in [-0.25, -0.2) is 0 Å². The zero-order valence-corrected chi connectivity index (χ0v) is 14.7. The molecule has 0 atom stereocenters. The summed E-state index contributed by atoms with van der Waals surface area (Å²) in [6, 6.07) is 16.3. The molecule has 132 valence electrons. The third-order valence-corrected chi connectivity index (χ3v) is 4.54. The molecule has 0 aliphatic carbocycles. The highest BCUT2D eigenvalue weighted by Gasteiger charge is 2.10. The summed E-state index contributed by atoms with van der Waals surface area (Å²) in [5.41, 5.74) is 3.09. The first-order valence-corrected chi connectivity index (χ1v) is 8.42. The molecule has 2 N–H and O–H groups in total. The lowest BCUT2D eigenvalue weighted by atomic mass is 10.1. The van der Waals surface area contributed by atoms with Gasteiger partial charge in [-0.15, -0.1) is 0 Å². The van der Waals surface area contributed by atoms with Crippen molar-refractivity contribution < 1.29 is 0 Å². The van der Waals surface area contributed by atoms with Gasteiger partial charge in [0.1, 0.15) is 11.3 Å². The average molecular weight is 355 g/mol. The number of para-hydroxylation sites is 1. The normalized spacial score (nSPS) is 10.9. The van der Waals surface area contributed by atoms with Crippen LogP contribution in [0.3, 0.4) is 0 Å². The first kappa shape index (κ1) is 16.7. The van der Waals surface area contributed by atoms with Crippen LogP contribution in [0.5, 0.6) is 0 Å². The van der Waals surface area contributed by atoms with Crippen molar-refractivity contribution in [2.75, 3.05) is 0 Å². The first-order chi connectivity index (χ1) is 13.0. The van der Waals surface area contributed by atoms with E-state index in [9.17, 15) is 4.79 Å². The number of nitrogens with one attached hydrogen (secondary N) is 2. The van der Waals surface area contributed by atoms with Crippen molar-refractivity contribution in [1.29, 1.82) is 10.8 Å². The number of fused-ring (bicyclic) bond motifs is 1. The van der Waals surface area contributed by atoms with E-state index in [1.54, 1.807) is 43.8 Å². The van der Waals surface area contributed by atoms with E-state index >= 15 is 0 Å². The highest BCUT2D eigenvalue weighted by Crippen LogP contribution is 2.18. The molecule has 0 saturated carbocycles. The molecule has 0 unspecified atom stereocenters. The molecule has 0 radical (unpaired) electrons. The van der Waals surface area contributed by atoms with E-state index in [1.165, 1.54) is 9.13 Å². The van der Waals surface area contributed by atoms with Gasteiger partial charge in [0, 0.05) is 42.7 Å². The monoisotopic (exact) mass is 355 g/mol. The molecule has 0 fully saturated rings. The van der Waals surface area contributed by atoms with E-state index in [4.69, 9.17) is 10.8 Å². The number of pyridine rings is 3. The van der Waals surface area contributed by atoms with Gasteiger partial charge in [0.05, 0.1) is 5.52 Å².